The van der Waals surface area contributed by atoms with Crippen molar-refractivity contribution in [3.8, 4) is 22.8 Å². The fourth-order valence-electron chi connectivity index (χ4n) is 5.93. The maximum Gasteiger partial charge on any atom is 0.354 e. The van der Waals surface area contributed by atoms with Crippen LogP contribution in [0.4, 0.5) is 6.01 Å². The van der Waals surface area contributed by atoms with Gasteiger partial charge >= 0.3 is 12.0 Å². The minimum Gasteiger partial charge on any atom is -0.477 e. The van der Waals surface area contributed by atoms with Crippen molar-refractivity contribution in [3.63, 3.8) is 0 Å². The normalized spacial score (nSPS) is 22.1. The van der Waals surface area contributed by atoms with Gasteiger partial charge in [-0.3, -0.25) is 0 Å². The van der Waals surface area contributed by atoms with Gasteiger partial charge in [0, 0.05) is 29.1 Å². The van der Waals surface area contributed by atoms with Crippen LogP contribution in [0.15, 0.2) is 45.4 Å². The van der Waals surface area contributed by atoms with E-state index in [0.29, 0.717) is 45.5 Å². The summed E-state index contributed by atoms with van der Waals surface area (Å²) in [5.41, 5.74) is 2.53. The van der Waals surface area contributed by atoms with Gasteiger partial charge in [-0.2, -0.15) is 4.98 Å². The fourth-order valence-corrected chi connectivity index (χ4v) is 6.50. The number of carboxylic acid groups (broad SMARTS) is 1. The number of hydrogen-bond acceptors (Lipinski definition) is 9. The summed E-state index contributed by atoms with van der Waals surface area (Å²) in [7, 11) is 0. The molecule has 0 amide bonds. The fraction of sp³-hybridized carbons (Fsp3) is 0.393. The maximum absolute atomic E-state index is 11.3. The number of benzene rings is 1. The number of carboxylic acids is 1. The molecule has 4 aromatic rings. The molecule has 3 aromatic heterocycles. The molecule has 3 atom stereocenters. The number of nitrogens with zero attached hydrogens (tertiary/aromatic N) is 5. The zero-order valence-electron chi connectivity index (χ0n) is 21.3. The number of hydrogen-bond donors (Lipinski definition) is 1. The molecule has 1 saturated carbocycles. The molecule has 7 rings (SSSR count). The quantitative estimate of drug-likeness (QED) is 0.250. The van der Waals surface area contributed by atoms with Gasteiger partial charge < -0.3 is 23.8 Å². The second-order valence-electron chi connectivity index (χ2n) is 10.6. The molecule has 1 aliphatic carbocycles. The second kappa shape index (κ2) is 10.2. The Morgan fingerprint density at radius 2 is 1.70 bits per heavy atom. The molecule has 1 N–H and O–H groups in total. The lowest BCUT2D eigenvalue weighted by Crippen LogP contribution is -2.45. The maximum atomic E-state index is 11.3. The van der Waals surface area contributed by atoms with E-state index in [1.54, 1.807) is 24.3 Å². The Balaban J connectivity index is 1.07. The molecule has 1 aromatic carbocycles. The lowest BCUT2D eigenvalue weighted by molar-refractivity contribution is 0.0138. The number of piperidine rings is 1. The summed E-state index contributed by atoms with van der Waals surface area (Å²) in [6.07, 6.45) is 5.80. The summed E-state index contributed by atoms with van der Waals surface area (Å²) in [5, 5.41) is 18.8. The SMILES string of the molecule is O=C(O)c1cccc(-c2noc(N3[C@@H]4CC[C@H]3C[C@@H](OCc3c(-c5c(Cl)cccc5Cl)noc3C3CC3)C4)n2)n1. The molecule has 0 spiro atoms. The molecule has 12 heteroatoms. The highest BCUT2D eigenvalue weighted by molar-refractivity contribution is 6.39. The number of anilines is 1. The van der Waals surface area contributed by atoms with E-state index in [4.69, 9.17) is 37.0 Å². The van der Waals surface area contributed by atoms with Crippen molar-refractivity contribution in [1.29, 1.82) is 0 Å². The summed E-state index contributed by atoms with van der Waals surface area (Å²) in [6.45, 7) is 0.368. The van der Waals surface area contributed by atoms with Crippen LogP contribution in [0.1, 0.15) is 66.3 Å². The predicted molar refractivity (Wildman–Crippen MR) is 146 cm³/mol. The van der Waals surface area contributed by atoms with Crippen molar-refractivity contribution in [3.05, 3.63) is 63.5 Å². The van der Waals surface area contributed by atoms with Crippen LogP contribution in [0.25, 0.3) is 22.8 Å². The Morgan fingerprint density at radius 1 is 0.975 bits per heavy atom. The molecule has 2 bridgehead atoms. The number of carbonyl (C=O) groups is 1. The number of aromatic carboxylic acids is 1. The van der Waals surface area contributed by atoms with Crippen LogP contribution in [0, 0.1) is 0 Å². The number of pyridine rings is 1. The van der Waals surface area contributed by atoms with E-state index in [1.807, 2.05) is 6.07 Å². The number of ether oxygens (including phenoxy) is 1. The smallest absolute Gasteiger partial charge is 0.354 e. The van der Waals surface area contributed by atoms with E-state index in [2.05, 4.69) is 25.2 Å². The average molecular weight is 582 g/mol. The minimum atomic E-state index is -1.11. The summed E-state index contributed by atoms with van der Waals surface area (Å²) in [5.74, 6) is 0.381. The Morgan fingerprint density at radius 3 is 2.40 bits per heavy atom. The van der Waals surface area contributed by atoms with E-state index in [0.717, 1.165) is 49.8 Å². The van der Waals surface area contributed by atoms with Crippen LogP contribution >= 0.6 is 23.2 Å². The highest BCUT2D eigenvalue weighted by atomic mass is 35.5. The van der Waals surface area contributed by atoms with Crippen molar-refractivity contribution in [2.45, 2.75) is 69.2 Å². The van der Waals surface area contributed by atoms with E-state index >= 15 is 0 Å². The largest absolute Gasteiger partial charge is 0.477 e. The standard InChI is InChI=1S/C28H25Cl2N5O5/c29-19-3-1-4-20(30)23(19)24-18(25(39-33-24)14-7-8-14)13-38-17-11-15-9-10-16(12-17)35(15)28-32-26(34-40-28)21-5-2-6-22(31-21)27(36)37/h1-6,14-17H,7-13H2,(H,36,37)/t15-,16+,17+. The number of rotatable bonds is 8. The summed E-state index contributed by atoms with van der Waals surface area (Å²) >= 11 is 13.0. The molecule has 5 heterocycles. The van der Waals surface area contributed by atoms with Crippen molar-refractivity contribution in [1.82, 2.24) is 20.3 Å². The van der Waals surface area contributed by atoms with Gasteiger partial charge in [0.15, 0.2) is 0 Å². The number of aromatic nitrogens is 4. The summed E-state index contributed by atoms with van der Waals surface area (Å²) < 4.78 is 17.9. The van der Waals surface area contributed by atoms with Gasteiger partial charge in [-0.05, 0) is 62.8 Å². The van der Waals surface area contributed by atoms with Crippen LogP contribution in [-0.2, 0) is 11.3 Å². The van der Waals surface area contributed by atoms with Gasteiger partial charge in [0.05, 0.1) is 22.8 Å². The Labute approximate surface area is 239 Å². The summed E-state index contributed by atoms with van der Waals surface area (Å²) in [4.78, 5) is 22.2. The van der Waals surface area contributed by atoms with Gasteiger partial charge in [-0.1, -0.05) is 45.6 Å². The van der Waals surface area contributed by atoms with Gasteiger partial charge in [0.25, 0.3) is 0 Å². The molecular formula is C28H25Cl2N5O5. The zero-order chi connectivity index (χ0) is 27.4. The van der Waals surface area contributed by atoms with Gasteiger partial charge in [0.2, 0.25) is 5.82 Å². The van der Waals surface area contributed by atoms with E-state index in [-0.39, 0.29) is 29.7 Å². The first kappa shape index (κ1) is 25.5. The van der Waals surface area contributed by atoms with Crippen molar-refractivity contribution in [2.24, 2.45) is 0 Å². The van der Waals surface area contributed by atoms with Crippen LogP contribution < -0.4 is 4.90 Å². The predicted octanol–water partition coefficient (Wildman–Crippen LogP) is 6.39. The third kappa shape index (κ3) is 4.63. The van der Waals surface area contributed by atoms with Crippen LogP contribution in [0.3, 0.4) is 0 Å². The Kier molecular flexibility index (Phi) is 6.48. The molecule has 10 nitrogen and oxygen atoms in total. The highest BCUT2D eigenvalue weighted by Crippen LogP contribution is 2.47. The average Bonchev–Trinajstić information content (AvgIpc) is 3.41. The second-order valence-corrected chi connectivity index (χ2v) is 11.4. The molecule has 0 radical (unpaired) electrons. The topological polar surface area (TPSA) is 128 Å². The van der Waals surface area contributed by atoms with Crippen molar-refractivity contribution < 1.29 is 23.7 Å². The lowest BCUT2D eigenvalue weighted by atomic mass is 9.99. The summed E-state index contributed by atoms with van der Waals surface area (Å²) in [6, 6.07) is 10.9. The van der Waals surface area contributed by atoms with Crippen molar-refractivity contribution >= 4 is 35.2 Å². The van der Waals surface area contributed by atoms with Crippen LogP contribution in [0.5, 0.6) is 0 Å². The third-order valence-corrected chi connectivity index (χ3v) is 8.58. The third-order valence-electron chi connectivity index (χ3n) is 7.95. The number of halogens is 2. The molecule has 3 fully saturated rings. The molecule has 0 unspecified atom stereocenters. The van der Waals surface area contributed by atoms with Gasteiger partial charge in [-0.15, -0.1) is 0 Å². The van der Waals surface area contributed by atoms with E-state index in [9.17, 15) is 9.90 Å². The van der Waals surface area contributed by atoms with E-state index < -0.39 is 5.97 Å². The molecular weight excluding hydrogens is 557 g/mol. The highest BCUT2D eigenvalue weighted by Gasteiger charge is 2.44. The van der Waals surface area contributed by atoms with Gasteiger partial charge in [0.1, 0.15) is 22.8 Å². The monoisotopic (exact) mass is 581 g/mol. The Bertz CT molecular complexity index is 1550. The van der Waals surface area contributed by atoms with Crippen molar-refractivity contribution in [2.75, 3.05) is 4.90 Å². The lowest BCUT2D eigenvalue weighted by Gasteiger charge is -2.37. The van der Waals surface area contributed by atoms with Crippen LogP contribution in [0.2, 0.25) is 10.0 Å². The Hall–Kier alpha value is -3.47. The first-order valence-corrected chi connectivity index (χ1v) is 14.1. The molecule has 2 saturated heterocycles. The van der Waals surface area contributed by atoms with Gasteiger partial charge in [-0.25, -0.2) is 9.78 Å². The number of fused-ring (bicyclic) bond motifs is 2. The minimum absolute atomic E-state index is 0.0431. The molecule has 40 heavy (non-hydrogen) atoms. The molecule has 206 valence electrons. The molecule has 2 aliphatic heterocycles. The zero-order valence-corrected chi connectivity index (χ0v) is 22.8. The van der Waals surface area contributed by atoms with E-state index in [1.165, 1.54) is 6.07 Å². The molecule has 3 aliphatic rings. The van der Waals surface area contributed by atoms with Crippen LogP contribution in [-0.4, -0.2) is 49.5 Å². The first-order valence-electron chi connectivity index (χ1n) is 13.3. The first-order chi connectivity index (χ1) is 19.5.